The third-order valence-corrected chi connectivity index (χ3v) is 4.63. The summed E-state index contributed by atoms with van der Waals surface area (Å²) in [5.74, 6) is 2.56. The van der Waals surface area contributed by atoms with Crippen molar-refractivity contribution in [2.75, 3.05) is 24.6 Å². The molecule has 0 aromatic carbocycles. The maximum atomic E-state index is 5.96. The van der Waals surface area contributed by atoms with Crippen LogP contribution in [0.15, 0.2) is 0 Å². The maximum Gasteiger partial charge on any atom is 0.0432 e. The second-order valence-corrected chi connectivity index (χ2v) is 5.35. The van der Waals surface area contributed by atoms with Gasteiger partial charge in [-0.25, -0.2) is 0 Å². The minimum Gasteiger partial charge on any atom is -0.329 e. The summed E-state index contributed by atoms with van der Waals surface area (Å²) in [5, 5.41) is 0. The van der Waals surface area contributed by atoms with Gasteiger partial charge in [0.2, 0.25) is 0 Å². The van der Waals surface area contributed by atoms with E-state index in [1.165, 1.54) is 37.3 Å². The lowest BCUT2D eigenvalue weighted by molar-refractivity contribution is 0.114. The number of thioether (sulfide) groups is 1. The fourth-order valence-electron chi connectivity index (χ4n) is 2.47. The zero-order valence-electron chi connectivity index (χ0n) is 8.46. The molecule has 0 amide bonds. The van der Waals surface area contributed by atoms with Crippen molar-refractivity contribution in [2.24, 2.45) is 5.73 Å². The smallest absolute Gasteiger partial charge is 0.0432 e. The Morgan fingerprint density at radius 3 is 2.69 bits per heavy atom. The molecular formula is C10H20N2S. The maximum absolute atomic E-state index is 5.96. The van der Waals surface area contributed by atoms with Crippen molar-refractivity contribution in [1.29, 1.82) is 0 Å². The van der Waals surface area contributed by atoms with E-state index in [9.17, 15) is 0 Å². The normalized spacial score (nSPS) is 34.4. The Balaban J connectivity index is 2.07. The quantitative estimate of drug-likeness (QED) is 0.742. The summed E-state index contributed by atoms with van der Waals surface area (Å²) in [7, 11) is 0. The van der Waals surface area contributed by atoms with E-state index in [4.69, 9.17) is 5.73 Å². The Kier molecular flexibility index (Phi) is 2.86. The fraction of sp³-hybridized carbons (Fsp3) is 1.00. The van der Waals surface area contributed by atoms with E-state index in [0.717, 1.165) is 12.6 Å². The van der Waals surface area contributed by atoms with Crippen LogP contribution in [0, 0.1) is 0 Å². The molecular weight excluding hydrogens is 180 g/mol. The summed E-state index contributed by atoms with van der Waals surface area (Å²) in [4.78, 5) is 2.67. The number of rotatable bonds is 4. The van der Waals surface area contributed by atoms with Gasteiger partial charge in [-0.15, -0.1) is 0 Å². The molecule has 1 saturated carbocycles. The molecule has 1 atom stereocenters. The van der Waals surface area contributed by atoms with Crippen molar-refractivity contribution in [3.63, 3.8) is 0 Å². The summed E-state index contributed by atoms with van der Waals surface area (Å²) in [6.07, 6.45) is 4.11. The Morgan fingerprint density at radius 1 is 1.54 bits per heavy atom. The summed E-state index contributed by atoms with van der Waals surface area (Å²) in [5.41, 5.74) is 6.32. The molecule has 13 heavy (non-hydrogen) atoms. The molecule has 0 radical (unpaired) electrons. The largest absolute Gasteiger partial charge is 0.329 e. The van der Waals surface area contributed by atoms with Crippen molar-refractivity contribution in [2.45, 2.75) is 37.8 Å². The van der Waals surface area contributed by atoms with E-state index < -0.39 is 0 Å². The van der Waals surface area contributed by atoms with Gasteiger partial charge in [-0.3, -0.25) is 4.90 Å². The van der Waals surface area contributed by atoms with Crippen LogP contribution in [-0.4, -0.2) is 41.1 Å². The van der Waals surface area contributed by atoms with Gasteiger partial charge in [-0.05, 0) is 31.6 Å². The highest BCUT2D eigenvalue weighted by Gasteiger charge is 2.44. The average molecular weight is 200 g/mol. The summed E-state index contributed by atoms with van der Waals surface area (Å²) in [6.45, 7) is 4.31. The first-order chi connectivity index (χ1) is 6.32. The minimum atomic E-state index is 0.362. The van der Waals surface area contributed by atoms with Crippen molar-refractivity contribution in [1.82, 2.24) is 4.90 Å². The van der Waals surface area contributed by atoms with E-state index in [1.54, 1.807) is 0 Å². The van der Waals surface area contributed by atoms with Crippen LogP contribution in [0.25, 0.3) is 0 Å². The molecule has 1 saturated heterocycles. The molecule has 3 heteroatoms. The molecule has 1 aliphatic carbocycles. The van der Waals surface area contributed by atoms with Gasteiger partial charge in [0, 0.05) is 23.9 Å². The molecule has 0 aromatic heterocycles. The first-order valence-corrected chi connectivity index (χ1v) is 6.52. The Labute approximate surface area is 85.2 Å². The monoisotopic (exact) mass is 200 g/mol. The molecule has 0 bridgehead atoms. The van der Waals surface area contributed by atoms with Crippen molar-refractivity contribution >= 4 is 11.8 Å². The van der Waals surface area contributed by atoms with Crippen LogP contribution >= 0.6 is 11.8 Å². The molecule has 1 aliphatic heterocycles. The first-order valence-electron chi connectivity index (χ1n) is 5.37. The second-order valence-electron chi connectivity index (χ2n) is 4.25. The highest BCUT2D eigenvalue weighted by molar-refractivity contribution is 7.99. The summed E-state index contributed by atoms with van der Waals surface area (Å²) in [6, 6.07) is 0.868. The molecule has 2 aliphatic rings. The van der Waals surface area contributed by atoms with Crippen LogP contribution in [0.2, 0.25) is 0 Å². The number of hydrogen-bond donors (Lipinski definition) is 1. The minimum absolute atomic E-state index is 0.362. The van der Waals surface area contributed by atoms with E-state index in [0.29, 0.717) is 5.54 Å². The zero-order valence-corrected chi connectivity index (χ0v) is 9.28. The topological polar surface area (TPSA) is 29.3 Å². The lowest BCUT2D eigenvalue weighted by Crippen LogP contribution is -2.55. The second kappa shape index (κ2) is 3.79. The Hall–Kier alpha value is 0.270. The zero-order chi connectivity index (χ0) is 9.31. The average Bonchev–Trinajstić information content (AvgIpc) is 2.85. The van der Waals surface area contributed by atoms with E-state index in [2.05, 4.69) is 23.6 Å². The van der Waals surface area contributed by atoms with Gasteiger partial charge in [0.1, 0.15) is 0 Å². The van der Waals surface area contributed by atoms with Gasteiger partial charge < -0.3 is 5.73 Å². The van der Waals surface area contributed by atoms with Gasteiger partial charge >= 0.3 is 0 Å². The van der Waals surface area contributed by atoms with Crippen LogP contribution in [0.3, 0.4) is 0 Å². The first kappa shape index (κ1) is 9.81. The highest BCUT2D eigenvalue weighted by Crippen LogP contribution is 2.39. The third kappa shape index (κ3) is 1.74. The van der Waals surface area contributed by atoms with Gasteiger partial charge in [0.05, 0.1) is 0 Å². The van der Waals surface area contributed by atoms with Gasteiger partial charge in [-0.2, -0.15) is 11.8 Å². The Bertz CT molecular complexity index is 174. The molecule has 2 nitrogen and oxygen atoms in total. The van der Waals surface area contributed by atoms with Crippen LogP contribution < -0.4 is 5.73 Å². The molecule has 0 aromatic rings. The summed E-state index contributed by atoms with van der Waals surface area (Å²) < 4.78 is 0. The predicted molar refractivity (Wildman–Crippen MR) is 59.1 cm³/mol. The Morgan fingerprint density at radius 2 is 2.31 bits per heavy atom. The van der Waals surface area contributed by atoms with Gasteiger partial charge in [0.15, 0.2) is 0 Å². The van der Waals surface area contributed by atoms with Crippen LogP contribution in [-0.2, 0) is 0 Å². The van der Waals surface area contributed by atoms with Crippen molar-refractivity contribution in [3.05, 3.63) is 0 Å². The molecule has 76 valence electrons. The lowest BCUT2D eigenvalue weighted by Gasteiger charge is -2.39. The van der Waals surface area contributed by atoms with Gasteiger partial charge in [-0.1, -0.05) is 6.92 Å². The molecule has 2 rings (SSSR count). The van der Waals surface area contributed by atoms with E-state index in [1.807, 2.05) is 0 Å². The van der Waals surface area contributed by atoms with Crippen molar-refractivity contribution < 1.29 is 0 Å². The van der Waals surface area contributed by atoms with Gasteiger partial charge in [0.25, 0.3) is 0 Å². The fourth-order valence-corrected chi connectivity index (χ4v) is 3.94. The van der Waals surface area contributed by atoms with Crippen LogP contribution in [0.4, 0.5) is 0 Å². The van der Waals surface area contributed by atoms with Crippen molar-refractivity contribution in [3.8, 4) is 0 Å². The number of nitrogens with two attached hydrogens (primary N) is 1. The predicted octanol–water partition coefficient (Wildman–Crippen LogP) is 1.31. The molecule has 2 N–H and O–H groups in total. The number of nitrogens with zero attached hydrogens (tertiary/aromatic N) is 1. The van der Waals surface area contributed by atoms with Crippen LogP contribution in [0.1, 0.15) is 26.2 Å². The molecule has 1 unspecified atom stereocenters. The molecule has 0 spiro atoms. The lowest BCUT2D eigenvalue weighted by atomic mass is 9.96. The van der Waals surface area contributed by atoms with E-state index in [-0.39, 0.29) is 0 Å². The highest BCUT2D eigenvalue weighted by atomic mass is 32.2. The number of hydrogen-bond acceptors (Lipinski definition) is 3. The summed E-state index contributed by atoms with van der Waals surface area (Å²) >= 11 is 2.07. The standard InChI is InChI=1S/C10H20N2S/c1-2-12(9-3-4-9)10(7-11)5-6-13-8-10/h9H,2-8,11H2,1H3. The number of likely N-dealkylation sites (N-methyl/N-ethyl adjacent to an activating group) is 1. The SMILES string of the molecule is CCN(C1CC1)C1(CN)CCSC1. The molecule has 2 fully saturated rings. The van der Waals surface area contributed by atoms with Crippen LogP contribution in [0.5, 0.6) is 0 Å². The third-order valence-electron chi connectivity index (χ3n) is 3.40. The van der Waals surface area contributed by atoms with E-state index >= 15 is 0 Å². The molecule has 1 heterocycles.